The van der Waals surface area contributed by atoms with Gasteiger partial charge >= 0.3 is 0 Å². The monoisotopic (exact) mass is 252 g/mol. The van der Waals surface area contributed by atoms with Crippen LogP contribution >= 0.6 is 15.9 Å². The van der Waals surface area contributed by atoms with Crippen molar-refractivity contribution in [2.75, 3.05) is 11.1 Å². The molecule has 0 heterocycles. The summed E-state index contributed by atoms with van der Waals surface area (Å²) in [7, 11) is 0. The van der Waals surface area contributed by atoms with Gasteiger partial charge in [0.25, 0.3) is 0 Å². The van der Waals surface area contributed by atoms with E-state index in [1.807, 2.05) is 6.07 Å². The first-order chi connectivity index (χ1) is 6.61. The molecule has 1 rings (SSSR count). The Morgan fingerprint density at radius 3 is 2.79 bits per heavy atom. The number of hydrogen-bond donors (Lipinski definition) is 1. The normalized spacial score (nSPS) is 9.50. The maximum absolute atomic E-state index is 11.5. The number of rotatable bonds is 2. The predicted octanol–water partition coefficient (Wildman–Crippen LogP) is 2.03. The van der Waals surface area contributed by atoms with Gasteiger partial charge in [-0.15, -0.1) is 0 Å². The Morgan fingerprint density at radius 1 is 1.64 bits per heavy atom. The number of hydrogen-bond acceptors (Lipinski definition) is 3. The molecular formula is C10H9BrN2O. The lowest BCUT2D eigenvalue weighted by molar-refractivity contribution is 0.102. The van der Waals surface area contributed by atoms with Gasteiger partial charge in [-0.3, -0.25) is 4.79 Å². The zero-order chi connectivity index (χ0) is 10.7. The number of ketones is 1. The van der Waals surface area contributed by atoms with Gasteiger partial charge in [0.05, 0.1) is 16.6 Å². The summed E-state index contributed by atoms with van der Waals surface area (Å²) in [6.45, 7) is 1.79. The average molecular weight is 253 g/mol. The standard InChI is InChI=1S/C10H9BrN2O/c1-6-2-3-8(13)7(5-12)10(6)9(14)4-11/h2-3H,4,13H2,1H3. The van der Waals surface area contributed by atoms with Gasteiger partial charge < -0.3 is 5.73 Å². The molecule has 0 aliphatic heterocycles. The maximum atomic E-state index is 11.5. The zero-order valence-electron chi connectivity index (χ0n) is 7.67. The first-order valence-corrected chi connectivity index (χ1v) is 5.12. The molecule has 4 heteroatoms. The molecule has 72 valence electrons. The fraction of sp³-hybridized carbons (Fsp3) is 0.200. The Balaban J connectivity index is 3.47. The molecule has 0 bridgehead atoms. The van der Waals surface area contributed by atoms with Gasteiger partial charge in [-0.05, 0) is 18.6 Å². The summed E-state index contributed by atoms with van der Waals surface area (Å²) in [5.74, 6) is -0.119. The van der Waals surface area contributed by atoms with E-state index in [0.29, 0.717) is 11.3 Å². The lowest BCUT2D eigenvalue weighted by atomic mass is 9.98. The molecule has 0 unspecified atom stereocenters. The van der Waals surface area contributed by atoms with Crippen LogP contribution in [0.4, 0.5) is 5.69 Å². The summed E-state index contributed by atoms with van der Waals surface area (Å²) in [5.41, 5.74) is 7.42. The number of nitrogens with two attached hydrogens (primary N) is 1. The molecule has 0 saturated carbocycles. The number of carbonyl (C=O) groups excluding carboxylic acids is 1. The number of Topliss-reactive ketones (excluding diaryl/α,β-unsaturated/α-hetero) is 1. The van der Waals surface area contributed by atoms with Gasteiger partial charge in [-0.1, -0.05) is 22.0 Å². The molecule has 0 aromatic heterocycles. The van der Waals surface area contributed by atoms with Gasteiger partial charge in [-0.25, -0.2) is 0 Å². The van der Waals surface area contributed by atoms with Crippen molar-refractivity contribution in [2.45, 2.75) is 6.92 Å². The van der Waals surface area contributed by atoms with E-state index in [-0.39, 0.29) is 16.7 Å². The molecule has 0 aliphatic rings. The molecule has 0 spiro atoms. The SMILES string of the molecule is Cc1ccc(N)c(C#N)c1C(=O)CBr. The first kappa shape index (κ1) is 10.7. The lowest BCUT2D eigenvalue weighted by Crippen LogP contribution is -2.08. The van der Waals surface area contributed by atoms with Gasteiger partial charge in [0.2, 0.25) is 0 Å². The van der Waals surface area contributed by atoms with Gasteiger partial charge in [0.15, 0.2) is 5.78 Å². The highest BCUT2D eigenvalue weighted by Crippen LogP contribution is 2.21. The minimum absolute atomic E-state index is 0.119. The number of alkyl halides is 1. The molecule has 0 radical (unpaired) electrons. The molecule has 2 N–H and O–H groups in total. The summed E-state index contributed by atoms with van der Waals surface area (Å²) in [4.78, 5) is 11.5. The molecule has 1 aromatic rings. The first-order valence-electron chi connectivity index (χ1n) is 4.00. The van der Waals surface area contributed by atoms with E-state index >= 15 is 0 Å². The smallest absolute Gasteiger partial charge is 0.175 e. The van der Waals surface area contributed by atoms with E-state index in [9.17, 15) is 4.79 Å². The minimum atomic E-state index is -0.119. The number of nitrogens with zero attached hydrogens (tertiary/aromatic N) is 1. The molecule has 0 saturated heterocycles. The van der Waals surface area contributed by atoms with Crippen molar-refractivity contribution in [2.24, 2.45) is 0 Å². The highest BCUT2D eigenvalue weighted by Gasteiger charge is 2.15. The number of aryl methyl sites for hydroxylation is 1. The van der Waals surface area contributed by atoms with E-state index in [0.717, 1.165) is 5.56 Å². The summed E-state index contributed by atoms with van der Waals surface area (Å²) < 4.78 is 0. The molecular weight excluding hydrogens is 244 g/mol. The minimum Gasteiger partial charge on any atom is -0.398 e. The maximum Gasteiger partial charge on any atom is 0.175 e. The van der Waals surface area contributed by atoms with Crippen LogP contribution in [0.1, 0.15) is 21.5 Å². The molecule has 0 aliphatic carbocycles. The van der Waals surface area contributed by atoms with Crippen molar-refractivity contribution in [1.29, 1.82) is 5.26 Å². The Bertz CT molecular complexity index is 421. The van der Waals surface area contributed by atoms with Crippen LogP contribution in [0.3, 0.4) is 0 Å². The number of nitrogen functional groups attached to an aromatic ring is 1. The van der Waals surface area contributed by atoms with Gasteiger partial charge in [0.1, 0.15) is 6.07 Å². The molecule has 1 aromatic carbocycles. The van der Waals surface area contributed by atoms with E-state index in [4.69, 9.17) is 11.0 Å². The number of halogens is 1. The van der Waals surface area contributed by atoms with E-state index in [1.54, 1.807) is 19.1 Å². The van der Waals surface area contributed by atoms with E-state index < -0.39 is 0 Å². The number of anilines is 1. The average Bonchev–Trinajstić information content (AvgIpc) is 2.19. The topological polar surface area (TPSA) is 66.9 Å². The Morgan fingerprint density at radius 2 is 2.29 bits per heavy atom. The molecule has 3 nitrogen and oxygen atoms in total. The quantitative estimate of drug-likeness (QED) is 0.498. The van der Waals surface area contributed by atoms with Crippen molar-refractivity contribution in [1.82, 2.24) is 0 Å². The van der Waals surface area contributed by atoms with Crippen LogP contribution in [0.5, 0.6) is 0 Å². The molecule has 0 atom stereocenters. The molecule has 0 amide bonds. The Labute approximate surface area is 90.7 Å². The third-order valence-corrected chi connectivity index (χ3v) is 2.47. The van der Waals surface area contributed by atoms with Gasteiger partial charge in [0, 0.05) is 5.56 Å². The lowest BCUT2D eigenvalue weighted by Gasteiger charge is -2.07. The van der Waals surface area contributed by atoms with Crippen LogP contribution in [-0.2, 0) is 0 Å². The van der Waals surface area contributed by atoms with Crippen LogP contribution in [0.2, 0.25) is 0 Å². The largest absolute Gasteiger partial charge is 0.398 e. The zero-order valence-corrected chi connectivity index (χ0v) is 9.26. The highest BCUT2D eigenvalue weighted by atomic mass is 79.9. The third-order valence-electron chi connectivity index (χ3n) is 1.96. The van der Waals surface area contributed by atoms with Crippen molar-refractivity contribution >= 4 is 27.4 Å². The van der Waals surface area contributed by atoms with Crippen LogP contribution in [0.15, 0.2) is 12.1 Å². The van der Waals surface area contributed by atoms with Crippen molar-refractivity contribution in [3.05, 3.63) is 28.8 Å². The van der Waals surface area contributed by atoms with Crippen LogP contribution in [0, 0.1) is 18.3 Å². The van der Waals surface area contributed by atoms with Crippen molar-refractivity contribution in [3.63, 3.8) is 0 Å². The summed E-state index contributed by atoms with van der Waals surface area (Å²) >= 11 is 3.07. The highest BCUT2D eigenvalue weighted by molar-refractivity contribution is 9.09. The fourth-order valence-electron chi connectivity index (χ4n) is 1.27. The third kappa shape index (κ3) is 1.78. The van der Waals surface area contributed by atoms with Crippen LogP contribution in [0.25, 0.3) is 0 Å². The summed E-state index contributed by atoms with van der Waals surface area (Å²) in [6, 6.07) is 5.33. The summed E-state index contributed by atoms with van der Waals surface area (Å²) in [5, 5.41) is 9.07. The number of carbonyl (C=O) groups is 1. The number of benzene rings is 1. The molecule has 0 fully saturated rings. The van der Waals surface area contributed by atoms with Crippen LogP contribution < -0.4 is 5.73 Å². The van der Waals surface area contributed by atoms with E-state index in [2.05, 4.69) is 15.9 Å². The number of nitriles is 1. The van der Waals surface area contributed by atoms with E-state index in [1.165, 1.54) is 0 Å². The summed E-state index contributed by atoms with van der Waals surface area (Å²) in [6.07, 6.45) is 0. The Kier molecular flexibility index (Phi) is 3.26. The van der Waals surface area contributed by atoms with Gasteiger partial charge in [-0.2, -0.15) is 5.26 Å². The fourth-order valence-corrected chi connectivity index (χ4v) is 1.55. The second-order valence-corrected chi connectivity index (χ2v) is 3.45. The molecule has 14 heavy (non-hydrogen) atoms. The van der Waals surface area contributed by atoms with Crippen molar-refractivity contribution < 1.29 is 4.79 Å². The second-order valence-electron chi connectivity index (χ2n) is 2.89. The Hall–Kier alpha value is -1.34. The predicted molar refractivity (Wildman–Crippen MR) is 58.4 cm³/mol. The van der Waals surface area contributed by atoms with Crippen molar-refractivity contribution in [3.8, 4) is 6.07 Å². The van der Waals surface area contributed by atoms with Crippen LogP contribution in [-0.4, -0.2) is 11.1 Å². The second kappa shape index (κ2) is 4.25.